The van der Waals surface area contributed by atoms with Gasteiger partial charge in [0, 0.05) is 7.05 Å². The molecular formula is C6H9N5O3. The number of rotatable bonds is 2. The number of carbonyl (C=O) groups excluding carboxylic acids is 2. The molecule has 0 fully saturated rings. The minimum absolute atomic E-state index is 0.331. The summed E-state index contributed by atoms with van der Waals surface area (Å²) in [4.78, 5) is 32.4. The summed E-state index contributed by atoms with van der Waals surface area (Å²) in [5.74, 6) is -0.682. The van der Waals surface area contributed by atoms with Gasteiger partial charge in [-0.05, 0) is 0 Å². The van der Waals surface area contributed by atoms with Crippen molar-refractivity contribution in [2.24, 2.45) is 12.8 Å². The molecule has 1 aromatic heterocycles. The minimum Gasteiger partial charge on any atom is -0.351 e. The van der Waals surface area contributed by atoms with E-state index < -0.39 is 17.6 Å². The average Bonchev–Trinajstić information content (AvgIpc) is 2.34. The zero-order valence-corrected chi connectivity index (χ0v) is 7.43. The van der Waals surface area contributed by atoms with Crippen molar-refractivity contribution in [3.05, 3.63) is 16.8 Å². The summed E-state index contributed by atoms with van der Waals surface area (Å²) in [6.07, 6.45) is 1.26. The first-order valence-corrected chi connectivity index (χ1v) is 3.68. The van der Waals surface area contributed by atoms with Gasteiger partial charge in [-0.3, -0.25) is 14.7 Å². The number of nitrogens with two attached hydrogens (primary N) is 1. The van der Waals surface area contributed by atoms with Crippen molar-refractivity contribution >= 4 is 11.9 Å². The van der Waals surface area contributed by atoms with Crippen LogP contribution in [0.25, 0.3) is 0 Å². The fourth-order valence-corrected chi connectivity index (χ4v) is 0.842. The molecular weight excluding hydrogens is 190 g/mol. The lowest BCUT2D eigenvalue weighted by atomic mass is 10.6. The third kappa shape index (κ3) is 2.19. The molecule has 14 heavy (non-hydrogen) atoms. The van der Waals surface area contributed by atoms with Crippen LogP contribution in [-0.2, 0) is 18.4 Å². The normalized spacial score (nSPS) is 9.79. The first-order chi connectivity index (χ1) is 6.50. The SMILES string of the molecule is Cn1cnn(CC(=O)NC(N)=O)c1=O. The molecule has 0 aliphatic rings. The van der Waals surface area contributed by atoms with E-state index in [1.54, 1.807) is 0 Å². The second-order valence-electron chi connectivity index (χ2n) is 2.59. The Labute approximate surface area is 78.3 Å². The van der Waals surface area contributed by atoms with Crippen molar-refractivity contribution in [3.8, 4) is 0 Å². The van der Waals surface area contributed by atoms with Crippen molar-refractivity contribution in [1.29, 1.82) is 0 Å². The number of amides is 3. The van der Waals surface area contributed by atoms with Crippen LogP contribution in [-0.4, -0.2) is 26.3 Å². The molecule has 8 nitrogen and oxygen atoms in total. The fraction of sp³-hybridized carbons (Fsp3) is 0.333. The number of aromatic nitrogens is 3. The Balaban J connectivity index is 2.70. The Morgan fingerprint density at radius 1 is 1.64 bits per heavy atom. The highest BCUT2D eigenvalue weighted by atomic mass is 16.2. The predicted molar refractivity (Wildman–Crippen MR) is 45.2 cm³/mol. The molecule has 1 rings (SSSR count). The summed E-state index contributed by atoms with van der Waals surface area (Å²) in [6.45, 7) is -0.331. The van der Waals surface area contributed by atoms with E-state index in [1.165, 1.54) is 17.9 Å². The van der Waals surface area contributed by atoms with Gasteiger partial charge in [0.1, 0.15) is 12.9 Å². The smallest absolute Gasteiger partial charge is 0.345 e. The topological polar surface area (TPSA) is 112 Å². The Morgan fingerprint density at radius 2 is 2.29 bits per heavy atom. The Bertz CT molecular complexity index is 417. The Kier molecular flexibility index (Phi) is 2.65. The molecule has 0 bridgehead atoms. The van der Waals surface area contributed by atoms with Crippen molar-refractivity contribution in [2.45, 2.75) is 6.54 Å². The van der Waals surface area contributed by atoms with Gasteiger partial charge in [-0.15, -0.1) is 0 Å². The molecule has 1 heterocycles. The summed E-state index contributed by atoms with van der Waals surface area (Å²) in [5.41, 5.74) is 4.27. The van der Waals surface area contributed by atoms with Gasteiger partial charge in [-0.25, -0.2) is 14.3 Å². The predicted octanol–water partition coefficient (Wildman–Crippen LogP) is -2.22. The number of primary amides is 1. The van der Waals surface area contributed by atoms with Crippen LogP contribution in [0.3, 0.4) is 0 Å². The van der Waals surface area contributed by atoms with Gasteiger partial charge < -0.3 is 5.73 Å². The van der Waals surface area contributed by atoms with Gasteiger partial charge in [0.05, 0.1) is 0 Å². The summed E-state index contributed by atoms with van der Waals surface area (Å²) in [7, 11) is 1.50. The van der Waals surface area contributed by atoms with Crippen LogP contribution in [0.2, 0.25) is 0 Å². The number of aryl methyl sites for hydroxylation is 1. The lowest BCUT2D eigenvalue weighted by Crippen LogP contribution is -2.39. The number of hydrogen-bond donors (Lipinski definition) is 2. The summed E-state index contributed by atoms with van der Waals surface area (Å²) in [6, 6.07) is -0.959. The Hall–Kier alpha value is -2.12. The van der Waals surface area contributed by atoms with E-state index in [0.29, 0.717) is 0 Å². The van der Waals surface area contributed by atoms with Crippen LogP contribution in [0.4, 0.5) is 4.79 Å². The van der Waals surface area contributed by atoms with Crippen LogP contribution in [0.15, 0.2) is 11.1 Å². The Morgan fingerprint density at radius 3 is 2.71 bits per heavy atom. The second kappa shape index (κ2) is 3.73. The van der Waals surface area contributed by atoms with Crippen LogP contribution < -0.4 is 16.7 Å². The number of nitrogens with one attached hydrogen (secondary N) is 1. The highest BCUT2D eigenvalue weighted by molar-refractivity contribution is 5.93. The van der Waals surface area contributed by atoms with Gasteiger partial charge in [-0.1, -0.05) is 0 Å². The third-order valence-electron chi connectivity index (χ3n) is 1.44. The molecule has 3 amide bonds. The van der Waals surface area contributed by atoms with Gasteiger partial charge in [0.15, 0.2) is 0 Å². The lowest BCUT2D eigenvalue weighted by Gasteiger charge is -1.98. The van der Waals surface area contributed by atoms with E-state index >= 15 is 0 Å². The number of nitrogens with zero attached hydrogens (tertiary/aromatic N) is 3. The van der Waals surface area contributed by atoms with Gasteiger partial charge >= 0.3 is 11.7 Å². The van der Waals surface area contributed by atoms with Crippen LogP contribution in [0.1, 0.15) is 0 Å². The highest BCUT2D eigenvalue weighted by Gasteiger charge is 2.08. The van der Waals surface area contributed by atoms with Crippen molar-refractivity contribution in [2.75, 3.05) is 0 Å². The second-order valence-corrected chi connectivity index (χ2v) is 2.59. The first kappa shape index (κ1) is 9.96. The summed E-state index contributed by atoms with van der Waals surface area (Å²) in [5, 5.41) is 5.44. The maximum absolute atomic E-state index is 11.2. The van der Waals surface area contributed by atoms with Crippen molar-refractivity contribution < 1.29 is 9.59 Å². The lowest BCUT2D eigenvalue weighted by molar-refractivity contribution is -0.120. The average molecular weight is 199 g/mol. The van der Waals surface area contributed by atoms with E-state index in [1.807, 2.05) is 5.32 Å². The zero-order valence-electron chi connectivity index (χ0n) is 7.43. The number of carbonyl (C=O) groups is 2. The van der Waals surface area contributed by atoms with Gasteiger partial charge in [-0.2, -0.15) is 5.10 Å². The third-order valence-corrected chi connectivity index (χ3v) is 1.44. The molecule has 0 aliphatic carbocycles. The molecule has 8 heteroatoms. The quantitative estimate of drug-likeness (QED) is 0.561. The van der Waals surface area contributed by atoms with Crippen molar-refractivity contribution in [1.82, 2.24) is 19.7 Å². The molecule has 0 aliphatic heterocycles. The van der Waals surface area contributed by atoms with Crippen LogP contribution in [0, 0.1) is 0 Å². The maximum atomic E-state index is 11.2. The summed E-state index contributed by atoms with van der Waals surface area (Å²) < 4.78 is 2.12. The van der Waals surface area contributed by atoms with Crippen LogP contribution in [0.5, 0.6) is 0 Å². The molecule has 3 N–H and O–H groups in total. The molecule has 0 spiro atoms. The molecule has 0 atom stereocenters. The minimum atomic E-state index is -0.959. The van der Waals surface area contributed by atoms with Gasteiger partial charge in [0.25, 0.3) is 0 Å². The fourth-order valence-electron chi connectivity index (χ4n) is 0.842. The monoisotopic (exact) mass is 199 g/mol. The zero-order chi connectivity index (χ0) is 10.7. The van der Waals surface area contributed by atoms with E-state index in [0.717, 1.165) is 4.68 Å². The molecule has 0 saturated heterocycles. The number of imide groups is 1. The molecule has 0 unspecified atom stereocenters. The van der Waals surface area contributed by atoms with E-state index in [4.69, 9.17) is 5.73 Å². The van der Waals surface area contributed by atoms with Crippen LogP contribution >= 0.6 is 0 Å². The van der Waals surface area contributed by atoms with Crippen molar-refractivity contribution in [3.63, 3.8) is 0 Å². The number of hydrogen-bond acceptors (Lipinski definition) is 4. The van der Waals surface area contributed by atoms with Gasteiger partial charge in [0.2, 0.25) is 5.91 Å². The first-order valence-electron chi connectivity index (χ1n) is 3.68. The molecule has 0 aromatic carbocycles. The number of urea groups is 1. The standard InChI is InChI=1S/C6H9N5O3/c1-10-3-8-11(6(10)14)2-4(12)9-5(7)13/h3H,2H2,1H3,(H3,7,9,12,13). The molecule has 0 saturated carbocycles. The summed E-state index contributed by atoms with van der Waals surface area (Å²) >= 11 is 0. The maximum Gasteiger partial charge on any atom is 0.345 e. The van der Waals surface area contributed by atoms with E-state index in [-0.39, 0.29) is 6.54 Å². The molecule has 0 radical (unpaired) electrons. The highest BCUT2D eigenvalue weighted by Crippen LogP contribution is 1.76. The molecule has 76 valence electrons. The van der Waals surface area contributed by atoms with E-state index in [2.05, 4.69) is 5.10 Å². The molecule has 1 aromatic rings. The largest absolute Gasteiger partial charge is 0.351 e. The van der Waals surface area contributed by atoms with E-state index in [9.17, 15) is 14.4 Å².